The van der Waals surface area contributed by atoms with Crippen LogP contribution in [-0.4, -0.2) is 58.4 Å². The molecule has 10 nitrogen and oxygen atoms in total. The Morgan fingerprint density at radius 2 is 1.49 bits per heavy atom. The summed E-state index contributed by atoms with van der Waals surface area (Å²) >= 11 is 0. The SMILES string of the molecule is COc1c(C(=O)NS(C)(=O)=O)ccc(CCC(=O)OC(C)(C)C)c1NCC(=O)OCC1c2ccccc2-c2ccccc21. The Balaban J connectivity index is 1.53. The molecule has 0 spiro atoms. The summed E-state index contributed by atoms with van der Waals surface area (Å²) < 4.78 is 41.9. The number of methoxy groups -OCH3 is 1. The summed E-state index contributed by atoms with van der Waals surface area (Å²) in [5, 5.41) is 3.00. The molecule has 0 atom stereocenters. The molecule has 0 heterocycles. The zero-order valence-electron chi connectivity index (χ0n) is 24.9. The number of anilines is 1. The molecule has 0 bridgehead atoms. The van der Waals surface area contributed by atoms with E-state index in [9.17, 15) is 22.8 Å². The number of nitrogens with one attached hydrogen (secondary N) is 2. The fourth-order valence-corrected chi connectivity index (χ4v) is 5.54. The second-order valence-electron chi connectivity index (χ2n) is 11.2. The van der Waals surface area contributed by atoms with E-state index in [4.69, 9.17) is 14.2 Å². The molecule has 228 valence electrons. The van der Waals surface area contributed by atoms with E-state index in [1.54, 1.807) is 26.8 Å². The highest BCUT2D eigenvalue weighted by Gasteiger charge is 2.29. The molecule has 1 aliphatic carbocycles. The molecule has 1 amide bonds. The predicted octanol–water partition coefficient (Wildman–Crippen LogP) is 4.43. The maximum Gasteiger partial charge on any atom is 0.325 e. The average Bonchev–Trinajstić information content (AvgIpc) is 3.25. The highest BCUT2D eigenvalue weighted by atomic mass is 32.2. The topological polar surface area (TPSA) is 137 Å². The van der Waals surface area contributed by atoms with Crippen molar-refractivity contribution in [2.45, 2.75) is 45.1 Å². The van der Waals surface area contributed by atoms with Gasteiger partial charge in [-0.3, -0.25) is 14.4 Å². The van der Waals surface area contributed by atoms with Gasteiger partial charge >= 0.3 is 11.9 Å². The summed E-state index contributed by atoms with van der Waals surface area (Å²) in [6.45, 7) is 5.16. The van der Waals surface area contributed by atoms with Crippen LogP contribution in [-0.2, 0) is 35.5 Å². The Morgan fingerprint density at radius 1 is 0.884 bits per heavy atom. The molecule has 0 saturated carbocycles. The summed E-state index contributed by atoms with van der Waals surface area (Å²) in [4.78, 5) is 38.1. The number of amides is 1. The van der Waals surface area contributed by atoms with Crippen LogP contribution >= 0.6 is 0 Å². The van der Waals surface area contributed by atoms with Crippen LogP contribution in [0.1, 0.15) is 60.2 Å². The van der Waals surface area contributed by atoms with Gasteiger partial charge < -0.3 is 19.5 Å². The lowest BCUT2D eigenvalue weighted by molar-refractivity contribution is -0.154. The van der Waals surface area contributed by atoms with Crippen LogP contribution in [0.15, 0.2) is 60.7 Å². The van der Waals surface area contributed by atoms with Crippen LogP contribution in [0.4, 0.5) is 5.69 Å². The molecule has 3 aromatic carbocycles. The zero-order valence-corrected chi connectivity index (χ0v) is 25.7. The summed E-state index contributed by atoms with van der Waals surface area (Å²) in [6.07, 6.45) is 1.09. The van der Waals surface area contributed by atoms with E-state index in [1.165, 1.54) is 13.2 Å². The molecule has 0 saturated heterocycles. The molecule has 2 N–H and O–H groups in total. The summed E-state index contributed by atoms with van der Waals surface area (Å²) in [7, 11) is -2.53. The Labute approximate surface area is 251 Å². The van der Waals surface area contributed by atoms with Crippen LogP contribution < -0.4 is 14.8 Å². The van der Waals surface area contributed by atoms with Gasteiger partial charge in [-0.25, -0.2) is 13.1 Å². The minimum Gasteiger partial charge on any atom is -0.494 e. The number of rotatable bonds is 11. The van der Waals surface area contributed by atoms with Gasteiger partial charge in [0.05, 0.1) is 24.6 Å². The van der Waals surface area contributed by atoms with Crippen molar-refractivity contribution in [1.82, 2.24) is 4.72 Å². The largest absolute Gasteiger partial charge is 0.494 e. The first kappa shape index (κ1) is 31.6. The third-order valence-corrected chi connectivity index (χ3v) is 7.33. The Bertz CT molecular complexity index is 1600. The molecule has 4 rings (SSSR count). The van der Waals surface area contributed by atoms with Crippen molar-refractivity contribution < 1.29 is 37.0 Å². The molecule has 0 unspecified atom stereocenters. The monoisotopic (exact) mass is 608 g/mol. The molecule has 43 heavy (non-hydrogen) atoms. The quantitative estimate of drug-likeness (QED) is 0.303. The summed E-state index contributed by atoms with van der Waals surface area (Å²) in [6, 6.07) is 19.0. The number of sulfonamides is 1. The van der Waals surface area contributed by atoms with E-state index < -0.39 is 33.5 Å². The number of carbonyl (C=O) groups is 3. The Kier molecular flexibility index (Phi) is 9.44. The van der Waals surface area contributed by atoms with Crippen LogP contribution in [0.3, 0.4) is 0 Å². The van der Waals surface area contributed by atoms with Crippen LogP contribution in [0.25, 0.3) is 11.1 Å². The van der Waals surface area contributed by atoms with Crippen molar-refractivity contribution in [3.63, 3.8) is 0 Å². The van der Waals surface area contributed by atoms with Crippen LogP contribution in [0.5, 0.6) is 5.75 Å². The van der Waals surface area contributed by atoms with Crippen molar-refractivity contribution in [2.24, 2.45) is 0 Å². The lowest BCUT2D eigenvalue weighted by atomic mass is 9.98. The molecule has 11 heteroatoms. The average molecular weight is 609 g/mol. The van der Waals surface area contributed by atoms with E-state index in [0.29, 0.717) is 5.56 Å². The van der Waals surface area contributed by atoms with E-state index in [0.717, 1.165) is 28.5 Å². The maximum absolute atomic E-state index is 13.0. The molecular weight excluding hydrogens is 572 g/mol. The normalized spacial score (nSPS) is 12.6. The lowest BCUT2D eigenvalue weighted by Crippen LogP contribution is -2.30. The molecule has 0 aliphatic heterocycles. The molecular formula is C32H36N2O8S. The fraction of sp³-hybridized carbons (Fsp3) is 0.344. The highest BCUT2D eigenvalue weighted by Crippen LogP contribution is 2.44. The van der Waals surface area contributed by atoms with Gasteiger partial charge in [-0.1, -0.05) is 54.6 Å². The molecule has 3 aromatic rings. The van der Waals surface area contributed by atoms with Gasteiger partial charge in [-0.2, -0.15) is 0 Å². The number of carbonyl (C=O) groups excluding carboxylic acids is 3. The van der Waals surface area contributed by atoms with Gasteiger partial charge in [0.1, 0.15) is 18.8 Å². The lowest BCUT2D eigenvalue weighted by Gasteiger charge is -2.21. The van der Waals surface area contributed by atoms with Crippen LogP contribution in [0.2, 0.25) is 0 Å². The van der Waals surface area contributed by atoms with Gasteiger partial charge in [-0.15, -0.1) is 0 Å². The number of hydrogen-bond donors (Lipinski definition) is 2. The van der Waals surface area contributed by atoms with Crippen molar-refractivity contribution in [1.29, 1.82) is 0 Å². The smallest absolute Gasteiger partial charge is 0.325 e. The standard InChI is InChI=1S/C32H36N2O8S/c1-32(2,3)42-27(35)17-15-20-14-16-25(31(37)34-43(5,38)39)30(40-4)29(20)33-18-28(36)41-19-26-23-12-8-6-10-21(23)22-11-7-9-13-24(22)26/h6-14,16,26,33H,15,17-19H2,1-5H3,(H,34,37). The first-order chi connectivity index (χ1) is 20.3. The number of hydrogen-bond acceptors (Lipinski definition) is 9. The molecule has 1 aliphatic rings. The predicted molar refractivity (Wildman–Crippen MR) is 163 cm³/mol. The van der Waals surface area contributed by atoms with E-state index in [1.807, 2.05) is 41.1 Å². The van der Waals surface area contributed by atoms with E-state index in [-0.39, 0.29) is 48.9 Å². The second kappa shape index (κ2) is 12.9. The van der Waals surface area contributed by atoms with Crippen molar-refractivity contribution in [2.75, 3.05) is 31.8 Å². The second-order valence-corrected chi connectivity index (χ2v) is 13.0. The first-order valence-electron chi connectivity index (χ1n) is 13.8. The number of fused-ring (bicyclic) bond motifs is 3. The Morgan fingerprint density at radius 3 is 2.05 bits per heavy atom. The van der Waals surface area contributed by atoms with E-state index >= 15 is 0 Å². The Hall–Kier alpha value is -4.38. The van der Waals surface area contributed by atoms with Gasteiger partial charge in [0.15, 0.2) is 5.75 Å². The zero-order chi connectivity index (χ0) is 31.4. The van der Waals surface area contributed by atoms with Gasteiger partial charge in [0.2, 0.25) is 10.0 Å². The van der Waals surface area contributed by atoms with Gasteiger partial charge in [-0.05, 0) is 61.1 Å². The van der Waals surface area contributed by atoms with Crippen molar-refractivity contribution in [3.05, 3.63) is 82.9 Å². The minimum absolute atomic E-state index is 0.0225. The third kappa shape index (κ3) is 7.92. The number of esters is 2. The fourth-order valence-electron chi connectivity index (χ4n) is 5.10. The van der Waals surface area contributed by atoms with Crippen molar-refractivity contribution in [3.8, 4) is 16.9 Å². The minimum atomic E-state index is -3.85. The summed E-state index contributed by atoms with van der Waals surface area (Å²) in [5.74, 6) is -1.96. The highest BCUT2D eigenvalue weighted by molar-refractivity contribution is 7.89. The number of benzene rings is 3. The number of ether oxygens (including phenoxy) is 3. The third-order valence-electron chi connectivity index (χ3n) is 6.77. The van der Waals surface area contributed by atoms with Crippen molar-refractivity contribution >= 4 is 33.6 Å². The van der Waals surface area contributed by atoms with E-state index in [2.05, 4.69) is 17.4 Å². The molecule has 0 radical (unpaired) electrons. The first-order valence-corrected chi connectivity index (χ1v) is 15.7. The van der Waals surface area contributed by atoms with Crippen LogP contribution in [0, 0.1) is 0 Å². The number of aryl methyl sites for hydroxylation is 1. The van der Waals surface area contributed by atoms with Gasteiger partial charge in [0.25, 0.3) is 5.91 Å². The van der Waals surface area contributed by atoms with Gasteiger partial charge in [0, 0.05) is 12.3 Å². The molecule has 0 fully saturated rings. The molecule has 0 aromatic heterocycles. The summed E-state index contributed by atoms with van der Waals surface area (Å²) in [5.41, 5.74) is 4.49. The maximum atomic E-state index is 13.0.